The van der Waals surface area contributed by atoms with Crippen LogP contribution in [0.15, 0.2) is 36.7 Å². The van der Waals surface area contributed by atoms with Crippen molar-refractivity contribution in [2.45, 2.75) is 6.18 Å². The molecule has 2 aromatic heterocycles. The van der Waals surface area contributed by atoms with Gasteiger partial charge in [0.25, 0.3) is 0 Å². The molecule has 0 fully saturated rings. The van der Waals surface area contributed by atoms with Gasteiger partial charge in [-0.25, -0.2) is 4.98 Å². The van der Waals surface area contributed by atoms with Crippen LogP contribution < -0.4 is 10.7 Å². The maximum Gasteiger partial charge on any atom is 0.416 e. The van der Waals surface area contributed by atoms with Crippen molar-refractivity contribution < 1.29 is 18.2 Å². The Morgan fingerprint density at radius 3 is 2.73 bits per heavy atom. The topological polar surface area (TPSA) is 68.8 Å². The summed E-state index contributed by atoms with van der Waals surface area (Å²) in [5, 5.41) is 0.677. The minimum absolute atomic E-state index is 0.281. The number of rotatable bonds is 0. The third-order valence-electron chi connectivity index (χ3n) is 3.04. The Morgan fingerprint density at radius 1 is 1.18 bits per heavy atom. The van der Waals surface area contributed by atoms with Crippen molar-refractivity contribution in [2.24, 2.45) is 0 Å². The second kappa shape index (κ2) is 5.07. The average molecular weight is 303 g/mol. The Bertz CT molecular complexity index is 900. The van der Waals surface area contributed by atoms with E-state index >= 15 is 0 Å². The van der Waals surface area contributed by atoms with Gasteiger partial charge in [0.2, 0.25) is 17.8 Å². The predicted molar refractivity (Wildman–Crippen MR) is 74.5 cm³/mol. The van der Waals surface area contributed by atoms with Crippen LogP contribution in [0.3, 0.4) is 0 Å². The average Bonchev–Trinajstić information content (AvgIpc) is 2.89. The molecule has 2 heterocycles. The van der Waals surface area contributed by atoms with Gasteiger partial charge in [-0.2, -0.15) is 13.2 Å². The molecule has 4 N–H and O–H groups in total. The van der Waals surface area contributed by atoms with Crippen LogP contribution in [0.1, 0.15) is 16.8 Å². The summed E-state index contributed by atoms with van der Waals surface area (Å²) in [7, 11) is 0. The lowest BCUT2D eigenvalue weighted by Crippen LogP contribution is -2.06. The number of hydrogen-bond donors (Lipinski definition) is 2. The molecule has 22 heavy (non-hydrogen) atoms. The van der Waals surface area contributed by atoms with Gasteiger partial charge in [-0.3, -0.25) is 4.98 Å². The van der Waals surface area contributed by atoms with Gasteiger partial charge >= 0.3 is 6.18 Å². The van der Waals surface area contributed by atoms with Crippen LogP contribution >= 0.6 is 0 Å². The summed E-state index contributed by atoms with van der Waals surface area (Å²) in [6, 6.07) is 6.56. The third kappa shape index (κ3) is 2.72. The Hall–Kier alpha value is -3.01. The van der Waals surface area contributed by atoms with Crippen molar-refractivity contribution in [3.8, 4) is 11.8 Å². The lowest BCUT2D eigenvalue weighted by Gasteiger charge is -2.05. The van der Waals surface area contributed by atoms with Crippen molar-refractivity contribution in [3.63, 3.8) is 0 Å². The highest BCUT2D eigenvalue weighted by molar-refractivity contribution is 5.85. The molecule has 110 valence electrons. The number of aromatic amines is 2. The molecule has 0 saturated heterocycles. The number of nitrogens with one attached hydrogen (secondary N) is 2. The van der Waals surface area contributed by atoms with Gasteiger partial charge in [0.1, 0.15) is 11.1 Å². The molecule has 3 rings (SSSR count). The van der Waals surface area contributed by atoms with E-state index in [0.717, 1.165) is 12.1 Å². The maximum atomic E-state index is 12.6. The predicted octanol–water partition coefficient (Wildman–Crippen LogP) is 2.38. The highest BCUT2D eigenvalue weighted by Crippen LogP contribution is 2.29. The van der Waals surface area contributed by atoms with Crippen molar-refractivity contribution in [3.05, 3.63) is 53.5 Å². The summed E-state index contributed by atoms with van der Waals surface area (Å²) in [6.07, 6.45) is -2.94. The second-order valence-corrected chi connectivity index (χ2v) is 4.59. The van der Waals surface area contributed by atoms with Crippen LogP contribution in [0, 0.1) is 11.8 Å². The zero-order valence-corrected chi connectivity index (χ0v) is 11.1. The molecule has 4 nitrogen and oxygen atoms in total. The van der Waals surface area contributed by atoms with E-state index in [0.29, 0.717) is 22.5 Å². The van der Waals surface area contributed by atoms with E-state index < -0.39 is 11.7 Å². The minimum atomic E-state index is -4.38. The molecule has 0 aliphatic heterocycles. The third-order valence-corrected chi connectivity index (χ3v) is 3.04. The number of nitrogen functional groups attached to an aromatic ring is 1. The summed E-state index contributed by atoms with van der Waals surface area (Å²) >= 11 is 0. The summed E-state index contributed by atoms with van der Waals surface area (Å²) in [4.78, 5) is 9.76. The summed E-state index contributed by atoms with van der Waals surface area (Å²) in [5.74, 6) is 5.82. The Balaban J connectivity index is 1.96. The van der Waals surface area contributed by atoms with E-state index in [9.17, 15) is 13.2 Å². The fraction of sp³-hybridized carbons (Fsp3) is 0.0667. The largest absolute Gasteiger partial charge is 0.416 e. The second-order valence-electron chi connectivity index (χ2n) is 4.59. The van der Waals surface area contributed by atoms with Crippen LogP contribution in [-0.4, -0.2) is 9.97 Å². The van der Waals surface area contributed by atoms with Crippen LogP contribution in [0.4, 0.5) is 19.0 Å². The zero-order valence-electron chi connectivity index (χ0n) is 11.1. The molecule has 0 bridgehead atoms. The van der Waals surface area contributed by atoms with Crippen LogP contribution in [-0.2, 0) is 6.18 Å². The fourth-order valence-electron chi connectivity index (χ4n) is 1.99. The molecular formula is C15H10F3N4+. The molecule has 0 amide bonds. The van der Waals surface area contributed by atoms with E-state index in [1.54, 1.807) is 6.07 Å². The molecule has 1 aromatic carbocycles. The van der Waals surface area contributed by atoms with E-state index in [1.807, 2.05) is 0 Å². The van der Waals surface area contributed by atoms with Gasteiger partial charge in [0, 0.05) is 11.6 Å². The van der Waals surface area contributed by atoms with Crippen molar-refractivity contribution in [2.75, 3.05) is 5.73 Å². The summed E-state index contributed by atoms with van der Waals surface area (Å²) in [6.45, 7) is 0. The number of fused-ring (bicyclic) bond motifs is 1. The van der Waals surface area contributed by atoms with Gasteiger partial charge in [-0.05, 0) is 24.1 Å². The van der Waals surface area contributed by atoms with Gasteiger partial charge in [0.15, 0.2) is 0 Å². The standard InChI is InChI=1S/C15H9F3N4/c16-15(17,18)10-3-1-2-9(6-10)4-5-11-7-12-13(19)20-8-21-14(12)22-11/h1-3,6-8H,(H3,19,20,21,22)/p+1. The number of hydrogen-bond acceptors (Lipinski definition) is 2. The van der Waals surface area contributed by atoms with Crippen molar-refractivity contribution >= 4 is 16.9 Å². The smallest absolute Gasteiger partial charge is 0.369 e. The number of nitrogens with zero attached hydrogens (tertiary/aromatic N) is 1. The maximum absolute atomic E-state index is 12.6. The number of aromatic nitrogens is 3. The molecule has 0 spiro atoms. The quantitative estimate of drug-likeness (QED) is 0.626. The van der Waals surface area contributed by atoms with Crippen LogP contribution in [0.2, 0.25) is 0 Å². The Morgan fingerprint density at radius 2 is 2.00 bits per heavy atom. The first-order chi connectivity index (χ1) is 10.4. The lowest BCUT2D eigenvalue weighted by molar-refractivity contribution is -0.352. The molecule has 0 aliphatic carbocycles. The number of H-pyrrole nitrogens is 2. The van der Waals surface area contributed by atoms with Gasteiger partial charge in [0.05, 0.1) is 5.56 Å². The van der Waals surface area contributed by atoms with Crippen LogP contribution in [0.25, 0.3) is 11.0 Å². The molecule has 3 aromatic rings. The van der Waals surface area contributed by atoms with Crippen LogP contribution in [0.5, 0.6) is 0 Å². The highest BCUT2D eigenvalue weighted by Gasteiger charge is 2.30. The fourth-order valence-corrected chi connectivity index (χ4v) is 1.99. The Labute approximate surface area is 123 Å². The first-order valence-electron chi connectivity index (χ1n) is 6.27. The molecule has 0 saturated carbocycles. The number of nitrogens with two attached hydrogens (primary N) is 1. The Kier molecular flexibility index (Phi) is 3.22. The number of halogens is 3. The molecule has 0 atom stereocenters. The normalized spacial score (nSPS) is 11.2. The summed E-state index contributed by atoms with van der Waals surface area (Å²) < 4.78 is 37.9. The van der Waals surface area contributed by atoms with Crippen molar-refractivity contribution in [1.29, 1.82) is 0 Å². The number of alkyl halides is 3. The lowest BCUT2D eigenvalue weighted by atomic mass is 10.1. The van der Waals surface area contributed by atoms with Gasteiger partial charge < -0.3 is 5.73 Å². The first-order valence-corrected chi connectivity index (χ1v) is 6.27. The molecular weight excluding hydrogens is 293 g/mol. The molecule has 7 heteroatoms. The van der Waals surface area contributed by atoms with E-state index in [2.05, 4.69) is 26.8 Å². The first kappa shape index (κ1) is 13.9. The minimum Gasteiger partial charge on any atom is -0.369 e. The molecule has 0 radical (unpaired) electrons. The SMILES string of the molecule is Nc1nc[nH+]c2[nH]c(C#Cc3cccc(C(F)(F)F)c3)cc12. The molecule has 0 aliphatic rings. The monoisotopic (exact) mass is 303 g/mol. The summed E-state index contributed by atoms with van der Waals surface area (Å²) in [5.41, 5.74) is 6.46. The van der Waals surface area contributed by atoms with E-state index in [4.69, 9.17) is 5.73 Å². The van der Waals surface area contributed by atoms with E-state index in [-0.39, 0.29) is 5.56 Å². The molecule has 0 unspecified atom stereocenters. The number of anilines is 1. The van der Waals surface area contributed by atoms with E-state index in [1.165, 1.54) is 18.5 Å². The zero-order chi connectivity index (χ0) is 15.7. The number of benzene rings is 1. The van der Waals surface area contributed by atoms with Crippen molar-refractivity contribution in [1.82, 2.24) is 9.97 Å². The van der Waals surface area contributed by atoms with Gasteiger partial charge in [-0.1, -0.05) is 17.0 Å². The highest BCUT2D eigenvalue weighted by atomic mass is 19.4. The van der Waals surface area contributed by atoms with Gasteiger partial charge in [-0.15, -0.1) is 0 Å².